The average Bonchev–Trinajstić information content (AvgIpc) is 3.44. The Hall–Kier alpha value is -4.62. The van der Waals surface area contributed by atoms with Crippen molar-refractivity contribution in [2.75, 3.05) is 13.7 Å². The van der Waals surface area contributed by atoms with E-state index in [2.05, 4.69) is 11.1 Å². The first-order chi connectivity index (χ1) is 19.8. The van der Waals surface area contributed by atoms with Gasteiger partial charge < -0.3 is 18.8 Å². The van der Waals surface area contributed by atoms with Crippen molar-refractivity contribution in [3.05, 3.63) is 90.7 Å². The SMILES string of the molecule is CCOC(=O)C1=C(C)N=c2s/c(=C/c3cn(CC#N)c4ccccc34)c(=O)n2[C@H]1c1ccc(OC(C)C)c(OC)c1. The monoisotopic (exact) mass is 570 g/mol. The van der Waals surface area contributed by atoms with Gasteiger partial charge in [-0.25, -0.2) is 9.79 Å². The van der Waals surface area contributed by atoms with Gasteiger partial charge in [0.1, 0.15) is 6.54 Å². The van der Waals surface area contributed by atoms with Crippen LogP contribution in [0.3, 0.4) is 0 Å². The van der Waals surface area contributed by atoms with E-state index in [4.69, 9.17) is 14.2 Å². The number of fused-ring (bicyclic) bond motifs is 2. The zero-order chi connectivity index (χ0) is 29.3. The number of nitriles is 1. The average molecular weight is 571 g/mol. The molecule has 0 fully saturated rings. The summed E-state index contributed by atoms with van der Waals surface area (Å²) in [6.07, 6.45) is 3.63. The fourth-order valence-electron chi connectivity index (χ4n) is 5.05. The van der Waals surface area contributed by atoms with Gasteiger partial charge in [-0.1, -0.05) is 35.6 Å². The predicted octanol–water partition coefficient (Wildman–Crippen LogP) is 4.07. The highest BCUT2D eigenvalue weighted by molar-refractivity contribution is 7.07. The molecule has 0 aliphatic carbocycles. The maximum absolute atomic E-state index is 14.1. The number of carbonyl (C=O) groups excluding carboxylic acids is 1. The van der Waals surface area contributed by atoms with Gasteiger partial charge in [0, 0.05) is 22.7 Å². The van der Waals surface area contributed by atoms with Crippen molar-refractivity contribution in [1.29, 1.82) is 5.26 Å². The van der Waals surface area contributed by atoms with Crippen LogP contribution >= 0.6 is 11.3 Å². The van der Waals surface area contributed by atoms with Crippen LogP contribution in [0.4, 0.5) is 0 Å². The van der Waals surface area contributed by atoms with Crippen LogP contribution < -0.4 is 24.4 Å². The number of methoxy groups -OCH3 is 1. The van der Waals surface area contributed by atoms with Gasteiger partial charge in [0.25, 0.3) is 5.56 Å². The molecule has 0 saturated heterocycles. The van der Waals surface area contributed by atoms with Crippen LogP contribution in [0.25, 0.3) is 17.0 Å². The zero-order valence-electron chi connectivity index (χ0n) is 23.5. The molecule has 1 aliphatic rings. The summed E-state index contributed by atoms with van der Waals surface area (Å²) in [4.78, 5) is 32.4. The number of carbonyl (C=O) groups is 1. The molecular weight excluding hydrogens is 540 g/mol. The summed E-state index contributed by atoms with van der Waals surface area (Å²) in [5.41, 5.74) is 2.86. The van der Waals surface area contributed by atoms with E-state index in [-0.39, 0.29) is 30.4 Å². The lowest BCUT2D eigenvalue weighted by Gasteiger charge is -2.25. The molecule has 0 saturated carbocycles. The number of hydrogen-bond donors (Lipinski definition) is 0. The number of allylic oxidation sites excluding steroid dienone is 1. The molecule has 1 aliphatic heterocycles. The molecule has 2 aromatic carbocycles. The summed E-state index contributed by atoms with van der Waals surface area (Å²) >= 11 is 1.25. The van der Waals surface area contributed by atoms with Crippen molar-refractivity contribution in [2.24, 2.45) is 4.99 Å². The number of nitrogens with zero attached hydrogens (tertiary/aromatic N) is 4. The zero-order valence-corrected chi connectivity index (χ0v) is 24.3. The molecule has 0 unspecified atom stereocenters. The van der Waals surface area contributed by atoms with Gasteiger partial charge in [0.05, 0.1) is 47.7 Å². The fraction of sp³-hybridized carbons (Fsp3) is 0.290. The highest BCUT2D eigenvalue weighted by Gasteiger charge is 2.34. The van der Waals surface area contributed by atoms with Crippen molar-refractivity contribution < 1.29 is 19.0 Å². The van der Waals surface area contributed by atoms with Crippen LogP contribution in [-0.2, 0) is 16.1 Å². The minimum Gasteiger partial charge on any atom is -0.493 e. The molecule has 0 radical (unpaired) electrons. The first kappa shape index (κ1) is 27.9. The summed E-state index contributed by atoms with van der Waals surface area (Å²) < 4.78 is 20.8. The Labute approximate surface area is 240 Å². The Balaban J connectivity index is 1.73. The Morgan fingerprint density at radius 1 is 1.22 bits per heavy atom. The Morgan fingerprint density at radius 2 is 2.00 bits per heavy atom. The summed E-state index contributed by atoms with van der Waals surface area (Å²) in [6.45, 7) is 7.71. The minimum atomic E-state index is -0.783. The molecule has 0 spiro atoms. The topological polar surface area (TPSA) is 108 Å². The molecule has 0 amide bonds. The normalized spacial score (nSPS) is 15.0. The Bertz CT molecular complexity index is 1900. The van der Waals surface area contributed by atoms with E-state index in [1.54, 1.807) is 37.7 Å². The van der Waals surface area contributed by atoms with E-state index >= 15 is 0 Å². The summed E-state index contributed by atoms with van der Waals surface area (Å²) in [7, 11) is 1.55. The van der Waals surface area contributed by atoms with E-state index in [1.165, 1.54) is 11.3 Å². The number of rotatable bonds is 8. The van der Waals surface area contributed by atoms with Gasteiger partial charge in [-0.3, -0.25) is 9.36 Å². The molecule has 210 valence electrons. The van der Waals surface area contributed by atoms with Crippen LogP contribution in [0.1, 0.15) is 44.9 Å². The van der Waals surface area contributed by atoms with E-state index < -0.39 is 12.0 Å². The quantitative estimate of drug-likeness (QED) is 0.296. The fourth-order valence-corrected chi connectivity index (χ4v) is 6.09. The van der Waals surface area contributed by atoms with Crippen molar-refractivity contribution in [1.82, 2.24) is 9.13 Å². The molecule has 41 heavy (non-hydrogen) atoms. The molecule has 3 heterocycles. The van der Waals surface area contributed by atoms with Crippen molar-refractivity contribution in [2.45, 2.75) is 46.4 Å². The maximum atomic E-state index is 14.1. The number of para-hydroxylation sites is 1. The second-order valence-corrected chi connectivity index (χ2v) is 10.8. The highest BCUT2D eigenvalue weighted by atomic mass is 32.1. The van der Waals surface area contributed by atoms with Crippen LogP contribution in [0, 0.1) is 11.3 Å². The third-order valence-electron chi connectivity index (χ3n) is 6.73. The second kappa shape index (κ2) is 11.5. The standard InChI is InChI=1S/C31H30N4O5S/c1-6-39-30(37)27-19(4)33-31-35(28(27)20-11-12-24(40-18(2)3)25(15-20)38-5)29(36)26(41-31)16-21-17-34(14-13-32)23-10-8-7-9-22(21)23/h7-12,15-18,28H,6,14H2,1-5H3/b26-16+/t28-/m0/s1. The number of thiazole rings is 1. The molecule has 9 nitrogen and oxygen atoms in total. The third-order valence-corrected chi connectivity index (χ3v) is 7.71. The maximum Gasteiger partial charge on any atom is 0.338 e. The number of ether oxygens (including phenoxy) is 3. The van der Waals surface area contributed by atoms with Gasteiger partial charge in [-0.15, -0.1) is 0 Å². The summed E-state index contributed by atoms with van der Waals surface area (Å²) in [5.74, 6) is 0.515. The van der Waals surface area contributed by atoms with Crippen LogP contribution in [-0.4, -0.2) is 34.9 Å². The Kier molecular flexibility index (Phi) is 7.81. The number of hydrogen-bond acceptors (Lipinski definition) is 8. The highest BCUT2D eigenvalue weighted by Crippen LogP contribution is 2.36. The van der Waals surface area contributed by atoms with E-state index in [0.29, 0.717) is 32.1 Å². The van der Waals surface area contributed by atoms with Gasteiger partial charge in [0.15, 0.2) is 16.3 Å². The summed E-state index contributed by atoms with van der Waals surface area (Å²) in [5, 5.41) is 10.2. The smallest absolute Gasteiger partial charge is 0.338 e. The molecule has 0 bridgehead atoms. The van der Waals surface area contributed by atoms with Crippen LogP contribution in [0.15, 0.2) is 69.7 Å². The molecule has 5 rings (SSSR count). The minimum absolute atomic E-state index is 0.0660. The third kappa shape index (κ3) is 5.16. The molecule has 2 aromatic heterocycles. The van der Waals surface area contributed by atoms with Gasteiger partial charge in [-0.2, -0.15) is 5.26 Å². The Morgan fingerprint density at radius 3 is 2.71 bits per heavy atom. The summed E-state index contributed by atoms with van der Waals surface area (Å²) in [6, 6.07) is 14.5. The number of benzene rings is 2. The lowest BCUT2D eigenvalue weighted by molar-refractivity contribution is -0.139. The molecule has 1 atom stereocenters. The van der Waals surface area contributed by atoms with Crippen molar-refractivity contribution in [3.63, 3.8) is 0 Å². The van der Waals surface area contributed by atoms with Gasteiger partial charge >= 0.3 is 5.97 Å². The van der Waals surface area contributed by atoms with Gasteiger partial charge in [0.2, 0.25) is 0 Å². The van der Waals surface area contributed by atoms with Crippen molar-refractivity contribution in [3.8, 4) is 17.6 Å². The van der Waals surface area contributed by atoms with E-state index in [1.807, 2.05) is 61.0 Å². The lowest BCUT2D eigenvalue weighted by Crippen LogP contribution is -2.40. The molecule has 0 N–H and O–H groups in total. The first-order valence-electron chi connectivity index (χ1n) is 13.3. The first-order valence-corrected chi connectivity index (χ1v) is 14.1. The molecule has 4 aromatic rings. The predicted molar refractivity (Wildman–Crippen MR) is 157 cm³/mol. The van der Waals surface area contributed by atoms with E-state index in [0.717, 1.165) is 16.5 Å². The second-order valence-electron chi connectivity index (χ2n) is 9.77. The molecular formula is C31H30N4O5S. The lowest BCUT2D eigenvalue weighted by atomic mass is 9.95. The number of esters is 1. The van der Waals surface area contributed by atoms with Gasteiger partial charge in [-0.05, 0) is 57.5 Å². The molecule has 10 heteroatoms. The van der Waals surface area contributed by atoms with E-state index in [9.17, 15) is 14.9 Å². The van der Waals surface area contributed by atoms with Crippen molar-refractivity contribution >= 4 is 34.3 Å². The largest absolute Gasteiger partial charge is 0.493 e. The van der Waals surface area contributed by atoms with Crippen LogP contribution in [0.5, 0.6) is 11.5 Å². The van der Waals surface area contributed by atoms with Crippen LogP contribution in [0.2, 0.25) is 0 Å². The number of aromatic nitrogens is 2.